The molecule has 2 aliphatic heterocycles. The summed E-state index contributed by atoms with van der Waals surface area (Å²) in [5.74, 6) is 5.86. The van der Waals surface area contributed by atoms with E-state index in [-0.39, 0.29) is 29.8 Å². The number of hydrogen-bond donors (Lipinski definition) is 0. The van der Waals surface area contributed by atoms with Crippen molar-refractivity contribution in [1.29, 1.82) is 5.26 Å². The second-order valence-corrected chi connectivity index (χ2v) is 10.0. The molecule has 0 unspecified atom stereocenters. The number of rotatable bonds is 3. The minimum Gasteiger partial charge on any atom is -0.489 e. The number of nitriles is 1. The lowest BCUT2D eigenvalue weighted by molar-refractivity contribution is -0.123. The topological polar surface area (TPSA) is 104 Å². The van der Waals surface area contributed by atoms with E-state index < -0.39 is 6.04 Å². The van der Waals surface area contributed by atoms with Crippen molar-refractivity contribution in [3.63, 3.8) is 0 Å². The first-order valence-corrected chi connectivity index (χ1v) is 13.3. The summed E-state index contributed by atoms with van der Waals surface area (Å²) in [6.07, 6.45) is 0.482. The predicted molar refractivity (Wildman–Crippen MR) is 152 cm³/mol. The fourth-order valence-electron chi connectivity index (χ4n) is 4.99. The minimum absolute atomic E-state index is 0.0155. The van der Waals surface area contributed by atoms with Crippen LogP contribution in [0.15, 0.2) is 66.7 Å². The van der Waals surface area contributed by atoms with Gasteiger partial charge in [-0.2, -0.15) is 10.4 Å². The quantitative estimate of drug-likeness (QED) is 0.353. The molecule has 2 amide bonds. The van der Waals surface area contributed by atoms with E-state index in [1.807, 2.05) is 36.4 Å². The first-order chi connectivity index (χ1) is 19.9. The molecule has 41 heavy (non-hydrogen) atoms. The third-order valence-electron chi connectivity index (χ3n) is 7.13. The van der Waals surface area contributed by atoms with Crippen LogP contribution >= 0.6 is 11.6 Å². The van der Waals surface area contributed by atoms with E-state index in [1.165, 1.54) is 9.80 Å². The van der Waals surface area contributed by atoms with Crippen LogP contribution in [0.5, 0.6) is 5.75 Å². The highest BCUT2D eigenvalue weighted by Crippen LogP contribution is 2.34. The van der Waals surface area contributed by atoms with Gasteiger partial charge < -0.3 is 14.5 Å². The highest BCUT2D eigenvalue weighted by Gasteiger charge is 2.40. The Bertz CT molecular complexity index is 1780. The van der Waals surface area contributed by atoms with Gasteiger partial charge in [-0.3, -0.25) is 9.59 Å². The molecular weight excluding hydrogens is 540 g/mol. The molecule has 2 aliphatic rings. The summed E-state index contributed by atoms with van der Waals surface area (Å²) in [5, 5.41) is 14.0. The normalized spacial score (nSPS) is 16.1. The Morgan fingerprint density at radius 1 is 1.05 bits per heavy atom. The highest BCUT2D eigenvalue weighted by molar-refractivity contribution is 6.31. The summed E-state index contributed by atoms with van der Waals surface area (Å²) in [6, 6.07) is 21.3. The number of aromatic nitrogens is 3. The molecule has 0 N–H and O–H groups in total. The van der Waals surface area contributed by atoms with Crippen molar-refractivity contribution in [2.75, 3.05) is 25.1 Å². The van der Waals surface area contributed by atoms with Gasteiger partial charge in [-0.15, -0.1) is 0 Å². The van der Waals surface area contributed by atoms with Crippen molar-refractivity contribution in [3.8, 4) is 23.7 Å². The third kappa shape index (κ3) is 5.00. The van der Waals surface area contributed by atoms with E-state index in [2.05, 4.69) is 21.9 Å². The minimum atomic E-state index is -0.835. The number of likely N-dealkylation sites (N-methyl/N-ethyl adjacent to an activating group) is 1. The summed E-state index contributed by atoms with van der Waals surface area (Å²) in [4.78, 5) is 34.4. The SMILES string of the molecule is CN1C(=O)[C@H](N2CCc3c(nn(Cc4ccccc4)c3Cl)C2=O)COc2cc(C#Cc3cccc(C#N)n3)ccc21. The zero-order valence-electron chi connectivity index (χ0n) is 22.0. The van der Waals surface area contributed by atoms with E-state index >= 15 is 0 Å². The molecule has 0 aliphatic carbocycles. The van der Waals surface area contributed by atoms with Gasteiger partial charge in [0.1, 0.15) is 41.0 Å². The summed E-state index contributed by atoms with van der Waals surface area (Å²) in [7, 11) is 1.66. The molecule has 0 bridgehead atoms. The number of amides is 2. The summed E-state index contributed by atoms with van der Waals surface area (Å²) in [6.45, 7) is 0.741. The lowest BCUT2D eigenvalue weighted by atomic mass is 10.0. The Morgan fingerprint density at radius 2 is 1.85 bits per heavy atom. The zero-order valence-corrected chi connectivity index (χ0v) is 22.8. The molecule has 0 fully saturated rings. The van der Waals surface area contributed by atoms with Crippen LogP contribution in [-0.2, 0) is 17.8 Å². The molecule has 2 aromatic heterocycles. The molecule has 9 nitrogen and oxygen atoms in total. The van der Waals surface area contributed by atoms with Gasteiger partial charge in [-0.1, -0.05) is 53.9 Å². The van der Waals surface area contributed by atoms with Crippen molar-refractivity contribution in [2.45, 2.75) is 19.0 Å². The Balaban J connectivity index is 1.22. The number of hydrogen-bond acceptors (Lipinski definition) is 6. The average Bonchev–Trinajstić information content (AvgIpc) is 3.26. The summed E-state index contributed by atoms with van der Waals surface area (Å²) in [5.41, 5.74) is 3.97. The number of anilines is 1. The number of halogens is 1. The standard InChI is InChI=1S/C31H23ClN6O3/c1-36-25-13-11-20(10-12-22-8-5-9-23(17-33)34-22)16-27(25)41-19-26(30(36)39)37-15-14-24-28(31(37)40)35-38(29(24)32)18-21-6-3-2-4-7-21/h2-9,11,13,16,26H,14-15,18-19H2,1H3/t26-/m1/s1. The fraction of sp³-hybridized carbons (Fsp3) is 0.194. The van der Waals surface area contributed by atoms with Gasteiger partial charge in [0, 0.05) is 24.7 Å². The Kier molecular flexibility index (Phi) is 6.88. The fourth-order valence-corrected chi connectivity index (χ4v) is 5.27. The Labute approximate surface area is 241 Å². The van der Waals surface area contributed by atoms with E-state index in [9.17, 15) is 9.59 Å². The van der Waals surface area contributed by atoms with Gasteiger partial charge in [-0.05, 0) is 48.2 Å². The van der Waals surface area contributed by atoms with Crippen molar-refractivity contribution in [1.82, 2.24) is 19.7 Å². The monoisotopic (exact) mass is 562 g/mol. The number of nitrogens with zero attached hydrogens (tertiary/aromatic N) is 6. The third-order valence-corrected chi connectivity index (χ3v) is 7.56. The maximum absolute atomic E-state index is 13.6. The molecule has 0 spiro atoms. The molecule has 202 valence electrons. The van der Waals surface area contributed by atoms with Crippen molar-refractivity contribution in [2.24, 2.45) is 0 Å². The van der Waals surface area contributed by atoms with Crippen molar-refractivity contribution < 1.29 is 14.3 Å². The Morgan fingerprint density at radius 3 is 2.66 bits per heavy atom. The zero-order chi connectivity index (χ0) is 28.5. The summed E-state index contributed by atoms with van der Waals surface area (Å²) < 4.78 is 7.72. The molecule has 2 aromatic carbocycles. The molecule has 6 rings (SSSR count). The van der Waals surface area contributed by atoms with Crippen LogP contribution in [0, 0.1) is 23.2 Å². The van der Waals surface area contributed by atoms with Gasteiger partial charge in [0.25, 0.3) is 11.8 Å². The van der Waals surface area contributed by atoms with Crippen molar-refractivity contribution >= 4 is 29.1 Å². The van der Waals surface area contributed by atoms with Gasteiger partial charge >= 0.3 is 0 Å². The predicted octanol–water partition coefficient (Wildman–Crippen LogP) is 3.67. The van der Waals surface area contributed by atoms with Gasteiger partial charge in [0.2, 0.25) is 0 Å². The van der Waals surface area contributed by atoms with E-state index in [4.69, 9.17) is 21.6 Å². The number of pyridine rings is 1. The van der Waals surface area contributed by atoms with Crippen LogP contribution in [-0.4, -0.2) is 57.7 Å². The summed E-state index contributed by atoms with van der Waals surface area (Å²) >= 11 is 6.63. The van der Waals surface area contributed by atoms with Gasteiger partial charge in [0.15, 0.2) is 5.69 Å². The van der Waals surface area contributed by atoms with Crippen LogP contribution in [0.3, 0.4) is 0 Å². The van der Waals surface area contributed by atoms with Crippen molar-refractivity contribution in [3.05, 3.63) is 106 Å². The van der Waals surface area contributed by atoms with Crippen LogP contribution < -0.4 is 9.64 Å². The molecule has 10 heteroatoms. The van der Waals surface area contributed by atoms with E-state index in [0.29, 0.717) is 52.9 Å². The van der Waals surface area contributed by atoms with E-state index in [0.717, 1.165) is 5.56 Å². The molecule has 4 aromatic rings. The van der Waals surface area contributed by atoms with Gasteiger partial charge in [0.05, 0.1) is 12.2 Å². The van der Waals surface area contributed by atoms with E-state index in [1.54, 1.807) is 48.1 Å². The first kappa shape index (κ1) is 26.1. The van der Waals surface area contributed by atoms with Crippen LogP contribution in [0.1, 0.15) is 38.6 Å². The number of benzene rings is 2. The lowest BCUT2D eigenvalue weighted by Gasteiger charge is -2.33. The average molecular weight is 563 g/mol. The molecule has 0 radical (unpaired) electrons. The maximum atomic E-state index is 13.6. The van der Waals surface area contributed by atoms with Crippen LogP contribution in [0.4, 0.5) is 5.69 Å². The number of fused-ring (bicyclic) bond motifs is 2. The largest absolute Gasteiger partial charge is 0.489 e. The second kappa shape index (κ2) is 10.8. The van der Waals surface area contributed by atoms with Crippen LogP contribution in [0.2, 0.25) is 5.15 Å². The molecular formula is C31H23ClN6O3. The van der Waals surface area contributed by atoms with Crippen LogP contribution in [0.25, 0.3) is 0 Å². The van der Waals surface area contributed by atoms with Gasteiger partial charge in [-0.25, -0.2) is 9.67 Å². The number of carbonyl (C=O) groups excluding carboxylic acids is 2. The molecule has 4 heterocycles. The lowest BCUT2D eigenvalue weighted by Crippen LogP contribution is -2.54. The number of ether oxygens (including phenoxy) is 1. The second-order valence-electron chi connectivity index (χ2n) is 9.69. The molecule has 0 saturated carbocycles. The number of carbonyl (C=O) groups is 2. The smallest absolute Gasteiger partial charge is 0.275 e. The highest BCUT2D eigenvalue weighted by atomic mass is 35.5. The maximum Gasteiger partial charge on any atom is 0.275 e. The Hall–Kier alpha value is -5.12. The molecule has 0 saturated heterocycles. The molecule has 1 atom stereocenters. The first-order valence-electron chi connectivity index (χ1n) is 13.0.